The first kappa shape index (κ1) is 30.3. The predicted octanol–water partition coefficient (Wildman–Crippen LogP) is 3.44. The highest BCUT2D eigenvalue weighted by Gasteiger charge is 2.64. The summed E-state index contributed by atoms with van der Waals surface area (Å²) in [6.45, 7) is 13.2. The summed E-state index contributed by atoms with van der Waals surface area (Å²) < 4.78 is 8.58. The van der Waals surface area contributed by atoms with Crippen LogP contribution in [0.2, 0.25) is 5.02 Å². The second kappa shape index (κ2) is 11.7. The number of amides is 1. The first-order valence-electron chi connectivity index (χ1n) is 15.1. The largest absolute Gasteiger partial charge is 0.489 e. The molecule has 2 aromatic heterocycles. The lowest BCUT2D eigenvalue weighted by Crippen LogP contribution is -2.74. The molecule has 12 heteroatoms. The van der Waals surface area contributed by atoms with E-state index in [1.807, 2.05) is 6.20 Å². The van der Waals surface area contributed by atoms with E-state index in [2.05, 4.69) is 68.4 Å². The van der Waals surface area contributed by atoms with Crippen LogP contribution in [0.25, 0.3) is 0 Å². The van der Waals surface area contributed by atoms with Crippen LogP contribution < -0.4 is 15.0 Å². The molecule has 0 bridgehead atoms. The van der Waals surface area contributed by atoms with Crippen molar-refractivity contribution in [1.29, 1.82) is 5.26 Å². The van der Waals surface area contributed by atoms with Gasteiger partial charge in [-0.15, -0.1) is 0 Å². The molecule has 0 spiro atoms. The van der Waals surface area contributed by atoms with Crippen LogP contribution >= 0.6 is 11.6 Å². The van der Waals surface area contributed by atoms with Crippen LogP contribution in [0.3, 0.4) is 0 Å². The van der Waals surface area contributed by atoms with Gasteiger partial charge in [-0.05, 0) is 18.6 Å². The fourth-order valence-electron chi connectivity index (χ4n) is 7.36. The number of carbonyl (C=O) groups excluding carboxylic acids is 1. The monoisotopic (exact) mass is 618 g/mol. The van der Waals surface area contributed by atoms with Gasteiger partial charge in [-0.25, -0.2) is 15.0 Å². The van der Waals surface area contributed by atoms with Crippen LogP contribution in [0.4, 0.5) is 5.95 Å². The van der Waals surface area contributed by atoms with Gasteiger partial charge in [0.1, 0.15) is 23.7 Å². The molecular formula is C32H39ClN8O3. The fourth-order valence-corrected chi connectivity index (χ4v) is 7.57. The molecule has 44 heavy (non-hydrogen) atoms. The molecule has 1 aromatic carbocycles. The molecule has 1 aliphatic carbocycles. The molecule has 1 saturated carbocycles. The highest BCUT2D eigenvalue weighted by atomic mass is 35.5. The third-order valence-corrected chi connectivity index (χ3v) is 9.81. The first-order chi connectivity index (χ1) is 21.0. The van der Waals surface area contributed by atoms with Gasteiger partial charge in [0, 0.05) is 86.4 Å². The number of hydrogen-bond donors (Lipinski definition) is 2. The first-order valence-corrected chi connectivity index (χ1v) is 15.5. The number of rotatable bonds is 7. The minimum absolute atomic E-state index is 0.153. The minimum atomic E-state index is -0.364. The molecule has 1 saturated heterocycles. The van der Waals surface area contributed by atoms with Crippen LogP contribution in [0.1, 0.15) is 61.6 Å². The summed E-state index contributed by atoms with van der Waals surface area (Å²) in [7, 11) is 0. The molecule has 2 fully saturated rings. The Labute approximate surface area is 262 Å². The van der Waals surface area contributed by atoms with E-state index in [4.69, 9.17) is 21.6 Å². The van der Waals surface area contributed by atoms with Crippen LogP contribution in [-0.2, 0) is 19.5 Å². The molecule has 2 aliphatic heterocycles. The van der Waals surface area contributed by atoms with E-state index >= 15 is 0 Å². The van der Waals surface area contributed by atoms with E-state index in [-0.39, 0.29) is 35.0 Å². The number of anilines is 1. The van der Waals surface area contributed by atoms with Gasteiger partial charge in [0.25, 0.3) is 5.91 Å². The van der Waals surface area contributed by atoms with Crippen molar-refractivity contribution in [2.45, 2.75) is 71.9 Å². The topological polar surface area (TPSA) is 132 Å². The number of nitrogens with one attached hydrogen (secondary N) is 1. The summed E-state index contributed by atoms with van der Waals surface area (Å²) >= 11 is 6.21. The summed E-state index contributed by atoms with van der Waals surface area (Å²) in [5, 5.41) is 22.6. The van der Waals surface area contributed by atoms with E-state index < -0.39 is 0 Å². The molecule has 3 aromatic rings. The van der Waals surface area contributed by atoms with Crippen molar-refractivity contribution >= 4 is 23.5 Å². The average molecular weight is 619 g/mol. The highest BCUT2D eigenvalue weighted by molar-refractivity contribution is 6.31. The standard InChI is InChI=1S/C32H39ClN8O3/c1-31(2)28(32(3,4)29(31)44-24-6-5-20(15-34)25(33)14-24)38-27(43)21-16-36-30(37-17-21)40-11-9-39(10-12-40)19-26-35-18-22-13-23(42)7-8-41(22)26/h5-6,14,16-18,23,28-29,42H,7-13,19H2,1-4H3,(H,38,43). The second-order valence-electron chi connectivity index (χ2n) is 13.3. The number of nitriles is 1. The van der Waals surface area contributed by atoms with Gasteiger partial charge < -0.3 is 24.6 Å². The van der Waals surface area contributed by atoms with Crippen molar-refractivity contribution in [2.75, 3.05) is 31.1 Å². The Hall–Kier alpha value is -3.72. The molecule has 2 N–H and O–H groups in total. The summed E-state index contributed by atoms with van der Waals surface area (Å²) in [6, 6.07) is 6.97. The van der Waals surface area contributed by atoms with Gasteiger partial charge in [0.15, 0.2) is 0 Å². The zero-order valence-electron chi connectivity index (χ0n) is 25.6. The van der Waals surface area contributed by atoms with Crippen molar-refractivity contribution in [3.05, 3.63) is 64.5 Å². The number of nitrogens with zero attached hydrogens (tertiary/aromatic N) is 7. The van der Waals surface area contributed by atoms with E-state index in [0.717, 1.165) is 57.2 Å². The maximum absolute atomic E-state index is 13.3. The maximum Gasteiger partial charge on any atom is 0.254 e. The van der Waals surface area contributed by atoms with Crippen molar-refractivity contribution in [2.24, 2.45) is 10.8 Å². The molecule has 11 nitrogen and oxygen atoms in total. The Bertz CT molecular complexity index is 1560. The fraction of sp³-hybridized carbons (Fsp3) is 0.531. The lowest BCUT2D eigenvalue weighted by atomic mass is 9.49. The van der Waals surface area contributed by atoms with Crippen molar-refractivity contribution in [3.63, 3.8) is 0 Å². The number of fused-ring (bicyclic) bond motifs is 1. The van der Waals surface area contributed by atoms with Gasteiger partial charge in [-0.1, -0.05) is 39.3 Å². The molecule has 0 radical (unpaired) electrons. The molecule has 6 rings (SSSR count). The number of halogens is 1. The SMILES string of the molecule is CC1(C)C(NC(=O)c2cnc(N3CCN(Cc4ncc5n4CCC(O)C5)CC3)nc2)C(C)(C)C1Oc1ccc(C#N)c(Cl)c1. The average Bonchev–Trinajstić information content (AvgIpc) is 3.40. The normalized spacial score (nSPS) is 24.1. The van der Waals surface area contributed by atoms with Gasteiger partial charge in [0.2, 0.25) is 5.95 Å². The summed E-state index contributed by atoms with van der Waals surface area (Å²) in [5.41, 5.74) is 1.20. The molecule has 1 unspecified atom stereocenters. The Balaban J connectivity index is 1.02. The molecule has 232 valence electrons. The van der Waals surface area contributed by atoms with E-state index in [0.29, 0.717) is 34.3 Å². The van der Waals surface area contributed by atoms with Gasteiger partial charge in [-0.2, -0.15) is 5.26 Å². The number of aromatic nitrogens is 4. The van der Waals surface area contributed by atoms with Gasteiger partial charge in [-0.3, -0.25) is 9.69 Å². The Morgan fingerprint density at radius 1 is 1.09 bits per heavy atom. The van der Waals surface area contributed by atoms with Crippen LogP contribution in [-0.4, -0.2) is 79.9 Å². The Morgan fingerprint density at radius 3 is 2.45 bits per heavy atom. The zero-order chi connectivity index (χ0) is 31.2. The molecule has 1 amide bonds. The number of aliphatic hydroxyl groups excluding tert-OH is 1. The number of carbonyl (C=O) groups is 1. The number of benzene rings is 1. The van der Waals surface area contributed by atoms with Crippen LogP contribution in [0, 0.1) is 22.2 Å². The van der Waals surface area contributed by atoms with Gasteiger partial charge in [0.05, 0.1) is 28.8 Å². The molecule has 4 heterocycles. The number of ether oxygens (including phenoxy) is 1. The minimum Gasteiger partial charge on any atom is -0.489 e. The number of imidazole rings is 1. The Kier molecular flexibility index (Phi) is 8.03. The quantitative estimate of drug-likeness (QED) is 0.409. The highest BCUT2D eigenvalue weighted by Crippen LogP contribution is 2.55. The summed E-state index contributed by atoms with van der Waals surface area (Å²) in [5.74, 6) is 2.05. The third kappa shape index (κ3) is 5.62. The lowest BCUT2D eigenvalue weighted by molar-refractivity contribution is -0.164. The number of aliphatic hydroxyl groups is 1. The molecular weight excluding hydrogens is 580 g/mol. The number of hydrogen-bond acceptors (Lipinski definition) is 9. The Morgan fingerprint density at radius 2 is 1.80 bits per heavy atom. The lowest BCUT2D eigenvalue weighted by Gasteiger charge is -2.63. The molecule has 3 aliphatic rings. The van der Waals surface area contributed by atoms with Crippen molar-refractivity contribution in [3.8, 4) is 11.8 Å². The molecule has 1 atom stereocenters. The maximum atomic E-state index is 13.3. The summed E-state index contributed by atoms with van der Waals surface area (Å²) in [6.07, 6.45) is 6.09. The van der Waals surface area contributed by atoms with Crippen molar-refractivity contribution < 1.29 is 14.6 Å². The van der Waals surface area contributed by atoms with E-state index in [1.54, 1.807) is 30.6 Å². The predicted molar refractivity (Wildman–Crippen MR) is 165 cm³/mol. The van der Waals surface area contributed by atoms with Crippen molar-refractivity contribution in [1.82, 2.24) is 29.7 Å². The number of piperazine rings is 1. The zero-order valence-corrected chi connectivity index (χ0v) is 26.4. The smallest absolute Gasteiger partial charge is 0.254 e. The van der Waals surface area contributed by atoms with E-state index in [9.17, 15) is 9.90 Å². The van der Waals surface area contributed by atoms with Crippen LogP contribution in [0.15, 0.2) is 36.8 Å². The van der Waals surface area contributed by atoms with E-state index in [1.165, 1.54) is 0 Å². The third-order valence-electron chi connectivity index (χ3n) is 9.50. The summed E-state index contributed by atoms with van der Waals surface area (Å²) in [4.78, 5) is 31.5. The van der Waals surface area contributed by atoms with Crippen LogP contribution in [0.5, 0.6) is 5.75 Å². The van der Waals surface area contributed by atoms with Gasteiger partial charge >= 0.3 is 0 Å². The second-order valence-corrected chi connectivity index (χ2v) is 13.7.